The first-order chi connectivity index (χ1) is 14.5. The normalized spacial score (nSPS) is 10.6. The number of carbonyl (C=O) groups excluding carboxylic acids is 1. The van der Waals surface area contributed by atoms with Gasteiger partial charge in [-0.15, -0.1) is 0 Å². The molecule has 3 aromatic rings. The first-order valence-corrected chi connectivity index (χ1v) is 10.2. The summed E-state index contributed by atoms with van der Waals surface area (Å²) in [5, 5.41) is 10.1. The zero-order valence-electron chi connectivity index (χ0n) is 17.4. The summed E-state index contributed by atoms with van der Waals surface area (Å²) in [7, 11) is 3.85. The van der Waals surface area contributed by atoms with Gasteiger partial charge in [-0.1, -0.05) is 6.07 Å². The quantitative estimate of drug-likeness (QED) is 0.511. The van der Waals surface area contributed by atoms with E-state index in [-0.39, 0.29) is 12.3 Å². The van der Waals surface area contributed by atoms with Crippen molar-refractivity contribution < 1.29 is 9.53 Å². The Labute approximate surface area is 180 Å². The lowest BCUT2D eigenvalue weighted by atomic mass is 10.2. The number of aromatic amines is 1. The Kier molecular flexibility index (Phi) is 7.18. The number of aromatic nitrogens is 4. The number of carbonyl (C=O) groups is 1. The van der Waals surface area contributed by atoms with Crippen LogP contribution >= 0.6 is 12.2 Å². The van der Waals surface area contributed by atoms with Gasteiger partial charge in [0.2, 0.25) is 5.91 Å². The van der Waals surface area contributed by atoms with Crippen molar-refractivity contribution in [1.29, 1.82) is 0 Å². The van der Waals surface area contributed by atoms with Crippen LogP contribution in [0.2, 0.25) is 0 Å². The molecule has 0 radical (unpaired) electrons. The number of rotatable bonds is 9. The number of hydrogen-bond acceptors (Lipinski definition) is 6. The van der Waals surface area contributed by atoms with Gasteiger partial charge in [-0.05, 0) is 49.5 Å². The van der Waals surface area contributed by atoms with Crippen molar-refractivity contribution in [3.05, 3.63) is 52.9 Å². The molecule has 30 heavy (non-hydrogen) atoms. The van der Waals surface area contributed by atoms with Crippen molar-refractivity contribution >= 4 is 23.9 Å². The molecule has 0 aliphatic rings. The van der Waals surface area contributed by atoms with E-state index in [0.29, 0.717) is 30.3 Å². The Morgan fingerprint density at radius 2 is 2.03 bits per heavy atom. The summed E-state index contributed by atoms with van der Waals surface area (Å²) in [6, 6.07) is 11.5. The number of pyridine rings is 1. The minimum Gasteiger partial charge on any atom is -0.494 e. The minimum atomic E-state index is -0.0655. The number of H-pyrrole nitrogens is 1. The Balaban J connectivity index is 1.63. The summed E-state index contributed by atoms with van der Waals surface area (Å²) in [6.45, 7) is 3.40. The molecule has 0 fully saturated rings. The van der Waals surface area contributed by atoms with Crippen LogP contribution in [-0.4, -0.2) is 46.4 Å². The molecule has 0 spiro atoms. The monoisotopic (exact) mass is 426 g/mol. The topological polar surface area (TPSA) is 88.1 Å². The van der Waals surface area contributed by atoms with Gasteiger partial charge in [-0.2, -0.15) is 5.10 Å². The van der Waals surface area contributed by atoms with Gasteiger partial charge in [-0.25, -0.2) is 4.98 Å². The van der Waals surface area contributed by atoms with Crippen molar-refractivity contribution in [2.45, 2.75) is 26.4 Å². The average Bonchev–Trinajstić information content (AvgIpc) is 3.12. The molecule has 0 aliphatic heterocycles. The highest BCUT2D eigenvalue weighted by molar-refractivity contribution is 7.71. The average molecular weight is 427 g/mol. The van der Waals surface area contributed by atoms with Crippen LogP contribution in [0.4, 0.5) is 5.82 Å². The first kappa shape index (κ1) is 21.5. The summed E-state index contributed by atoms with van der Waals surface area (Å²) in [5.74, 6) is 2.27. The molecule has 2 heterocycles. The van der Waals surface area contributed by atoms with Crippen LogP contribution in [0.3, 0.4) is 0 Å². The van der Waals surface area contributed by atoms with Crippen LogP contribution in [0.15, 0.2) is 42.6 Å². The molecular weight excluding hydrogens is 400 g/mol. The Morgan fingerprint density at radius 1 is 1.27 bits per heavy atom. The molecule has 0 atom stereocenters. The summed E-state index contributed by atoms with van der Waals surface area (Å²) in [5.41, 5.74) is 1.86. The van der Waals surface area contributed by atoms with Crippen molar-refractivity contribution in [2.24, 2.45) is 0 Å². The lowest BCUT2D eigenvalue weighted by molar-refractivity contribution is -0.121. The molecular formula is C21H26N6O2S. The van der Waals surface area contributed by atoms with Gasteiger partial charge in [0.15, 0.2) is 10.6 Å². The molecule has 1 amide bonds. The maximum atomic E-state index is 12.4. The number of ether oxygens (including phenoxy) is 1. The van der Waals surface area contributed by atoms with Gasteiger partial charge in [-0.3, -0.25) is 14.5 Å². The minimum absolute atomic E-state index is 0.0655. The van der Waals surface area contributed by atoms with E-state index in [1.807, 2.05) is 66.9 Å². The highest BCUT2D eigenvalue weighted by Crippen LogP contribution is 2.21. The molecule has 9 heteroatoms. The fraction of sp³-hybridized carbons (Fsp3) is 0.333. The second-order valence-corrected chi connectivity index (χ2v) is 7.26. The third-order valence-corrected chi connectivity index (χ3v) is 4.82. The lowest BCUT2D eigenvalue weighted by Gasteiger charge is -2.16. The highest BCUT2D eigenvalue weighted by atomic mass is 32.1. The largest absolute Gasteiger partial charge is 0.494 e. The zero-order valence-corrected chi connectivity index (χ0v) is 18.2. The highest BCUT2D eigenvalue weighted by Gasteiger charge is 2.12. The van der Waals surface area contributed by atoms with Crippen LogP contribution in [0.5, 0.6) is 5.75 Å². The fourth-order valence-corrected chi connectivity index (χ4v) is 3.30. The standard InChI is InChI=1S/C21H26N6O2S/c1-4-29-17-9-7-15(8-10-17)20-24-25-21(30)27(20)13-11-18(28)23-14-16-6-5-12-22-19(16)26(2)3/h5-10,12H,4,11,13-14H2,1-3H3,(H,23,28)(H,25,30). The van der Waals surface area contributed by atoms with E-state index in [1.165, 1.54) is 0 Å². The van der Waals surface area contributed by atoms with Crippen LogP contribution < -0.4 is 15.0 Å². The fourth-order valence-electron chi connectivity index (χ4n) is 3.08. The molecule has 0 saturated carbocycles. The van der Waals surface area contributed by atoms with Crippen LogP contribution in [0, 0.1) is 4.77 Å². The summed E-state index contributed by atoms with van der Waals surface area (Å²) >= 11 is 5.35. The summed E-state index contributed by atoms with van der Waals surface area (Å²) in [4.78, 5) is 18.7. The van der Waals surface area contributed by atoms with Crippen molar-refractivity contribution in [3.8, 4) is 17.1 Å². The second-order valence-electron chi connectivity index (χ2n) is 6.87. The predicted molar refractivity (Wildman–Crippen MR) is 119 cm³/mol. The number of nitrogens with one attached hydrogen (secondary N) is 2. The molecule has 0 bridgehead atoms. The molecule has 3 rings (SSSR count). The van der Waals surface area contributed by atoms with Crippen LogP contribution in [0.1, 0.15) is 18.9 Å². The van der Waals surface area contributed by atoms with E-state index in [4.69, 9.17) is 17.0 Å². The number of hydrogen-bond donors (Lipinski definition) is 2. The van der Waals surface area contributed by atoms with E-state index in [0.717, 1.165) is 22.7 Å². The number of nitrogens with zero attached hydrogens (tertiary/aromatic N) is 4. The molecule has 0 aliphatic carbocycles. The smallest absolute Gasteiger partial charge is 0.222 e. The predicted octanol–water partition coefficient (Wildman–Crippen LogP) is 3.17. The molecule has 0 saturated heterocycles. The molecule has 8 nitrogen and oxygen atoms in total. The summed E-state index contributed by atoms with van der Waals surface area (Å²) < 4.78 is 7.80. The third kappa shape index (κ3) is 5.24. The van der Waals surface area contributed by atoms with Crippen molar-refractivity contribution in [3.63, 3.8) is 0 Å². The third-order valence-electron chi connectivity index (χ3n) is 4.51. The number of amides is 1. The van der Waals surface area contributed by atoms with E-state index in [9.17, 15) is 4.79 Å². The van der Waals surface area contributed by atoms with E-state index in [1.54, 1.807) is 6.20 Å². The molecule has 0 unspecified atom stereocenters. The van der Waals surface area contributed by atoms with E-state index < -0.39 is 0 Å². The lowest BCUT2D eigenvalue weighted by Crippen LogP contribution is -2.25. The van der Waals surface area contributed by atoms with Crippen molar-refractivity contribution in [2.75, 3.05) is 25.6 Å². The van der Waals surface area contributed by atoms with Gasteiger partial charge < -0.3 is 15.0 Å². The van der Waals surface area contributed by atoms with Gasteiger partial charge in [0.05, 0.1) is 6.61 Å². The van der Waals surface area contributed by atoms with Crippen molar-refractivity contribution in [1.82, 2.24) is 25.1 Å². The van der Waals surface area contributed by atoms with Crippen LogP contribution in [0.25, 0.3) is 11.4 Å². The van der Waals surface area contributed by atoms with Gasteiger partial charge in [0.1, 0.15) is 11.6 Å². The second kappa shape index (κ2) is 10.0. The van der Waals surface area contributed by atoms with Gasteiger partial charge in [0.25, 0.3) is 0 Å². The van der Waals surface area contributed by atoms with E-state index >= 15 is 0 Å². The number of anilines is 1. The SMILES string of the molecule is CCOc1ccc(-c2n[nH]c(=S)n2CCC(=O)NCc2cccnc2N(C)C)cc1. The molecule has 158 valence electrons. The Hall–Kier alpha value is -3.20. The van der Waals surface area contributed by atoms with Gasteiger partial charge >= 0.3 is 0 Å². The first-order valence-electron chi connectivity index (χ1n) is 9.76. The Bertz CT molecular complexity index is 1040. The number of benzene rings is 1. The van der Waals surface area contributed by atoms with E-state index in [2.05, 4.69) is 20.5 Å². The maximum Gasteiger partial charge on any atom is 0.222 e. The Morgan fingerprint density at radius 3 is 2.73 bits per heavy atom. The molecule has 2 aromatic heterocycles. The molecule has 2 N–H and O–H groups in total. The maximum absolute atomic E-state index is 12.4. The zero-order chi connectivity index (χ0) is 21.5. The van der Waals surface area contributed by atoms with Crippen LogP contribution in [-0.2, 0) is 17.9 Å². The van der Waals surface area contributed by atoms with Gasteiger partial charge in [0, 0.05) is 50.9 Å². The summed E-state index contributed by atoms with van der Waals surface area (Å²) in [6.07, 6.45) is 2.03. The molecule has 1 aromatic carbocycles.